The summed E-state index contributed by atoms with van der Waals surface area (Å²) in [6, 6.07) is 7.20. The van der Waals surface area contributed by atoms with E-state index in [0.717, 1.165) is 12.0 Å². The Morgan fingerprint density at radius 1 is 1.42 bits per heavy atom. The lowest BCUT2D eigenvalue weighted by atomic mass is 10.0. The van der Waals surface area contributed by atoms with Gasteiger partial charge in [0.05, 0.1) is 0 Å². The summed E-state index contributed by atoms with van der Waals surface area (Å²) in [6.07, 6.45) is 1.56. The average Bonchev–Trinajstić information content (AvgIpc) is 2.44. The van der Waals surface area contributed by atoms with E-state index in [9.17, 15) is 4.79 Å². The van der Waals surface area contributed by atoms with E-state index in [1.807, 2.05) is 12.1 Å². The molecule has 1 amide bonds. The van der Waals surface area contributed by atoms with E-state index < -0.39 is 0 Å². The van der Waals surface area contributed by atoms with Gasteiger partial charge in [0.15, 0.2) is 5.84 Å². The van der Waals surface area contributed by atoms with Gasteiger partial charge in [0.25, 0.3) is 0 Å². The molecule has 0 saturated heterocycles. The summed E-state index contributed by atoms with van der Waals surface area (Å²) >= 11 is 0. The van der Waals surface area contributed by atoms with E-state index in [4.69, 9.17) is 10.9 Å². The molecular weight excluding hydrogens is 242 g/mol. The molecule has 19 heavy (non-hydrogen) atoms. The van der Waals surface area contributed by atoms with Gasteiger partial charge in [0.2, 0.25) is 5.91 Å². The van der Waals surface area contributed by atoms with Crippen LogP contribution in [0, 0.1) is 5.92 Å². The van der Waals surface area contributed by atoms with Crippen molar-refractivity contribution in [3.63, 3.8) is 0 Å². The summed E-state index contributed by atoms with van der Waals surface area (Å²) in [7, 11) is 0. The number of amides is 1. The molecule has 1 atom stereocenters. The Kier molecular flexibility index (Phi) is 5.85. The lowest BCUT2D eigenvalue weighted by Crippen LogP contribution is -2.24. The summed E-state index contributed by atoms with van der Waals surface area (Å²) in [5, 5.41) is 14.4. The van der Waals surface area contributed by atoms with Crippen LogP contribution in [0.4, 0.5) is 0 Å². The normalized spacial score (nSPS) is 13.1. The minimum Gasteiger partial charge on any atom is -0.409 e. The first-order valence-electron chi connectivity index (χ1n) is 6.40. The zero-order valence-electron chi connectivity index (χ0n) is 11.4. The Hall–Kier alpha value is -2.04. The first kappa shape index (κ1) is 15.0. The zero-order chi connectivity index (χ0) is 14.3. The van der Waals surface area contributed by atoms with E-state index >= 15 is 0 Å². The lowest BCUT2D eigenvalue weighted by molar-refractivity contribution is -0.122. The Balaban J connectivity index is 2.48. The van der Waals surface area contributed by atoms with Crippen LogP contribution in [0.1, 0.15) is 37.8 Å². The van der Waals surface area contributed by atoms with Crippen LogP contribution in [0.15, 0.2) is 29.4 Å². The number of nitrogens with zero attached hydrogens (tertiary/aromatic N) is 1. The van der Waals surface area contributed by atoms with Crippen molar-refractivity contribution in [2.75, 3.05) is 0 Å². The summed E-state index contributed by atoms with van der Waals surface area (Å²) in [5.41, 5.74) is 7.10. The topological polar surface area (TPSA) is 87.7 Å². The van der Waals surface area contributed by atoms with Crippen LogP contribution in [0.2, 0.25) is 0 Å². The molecule has 1 rings (SSSR count). The van der Waals surface area contributed by atoms with E-state index in [0.29, 0.717) is 24.4 Å². The fourth-order valence-electron chi connectivity index (χ4n) is 1.58. The predicted molar refractivity (Wildman–Crippen MR) is 74.9 cm³/mol. The lowest BCUT2D eigenvalue weighted by Gasteiger charge is -2.09. The number of benzene rings is 1. The largest absolute Gasteiger partial charge is 0.409 e. The fraction of sp³-hybridized carbons (Fsp3) is 0.429. The third-order valence-corrected chi connectivity index (χ3v) is 3.08. The number of hydrogen-bond donors (Lipinski definition) is 3. The van der Waals surface area contributed by atoms with Crippen molar-refractivity contribution in [2.24, 2.45) is 16.8 Å². The van der Waals surface area contributed by atoms with Gasteiger partial charge in [-0.2, -0.15) is 0 Å². The number of carbonyl (C=O) groups excluding carboxylic acids is 1. The molecule has 1 unspecified atom stereocenters. The van der Waals surface area contributed by atoms with Crippen LogP contribution < -0.4 is 11.1 Å². The maximum atomic E-state index is 11.6. The smallest absolute Gasteiger partial charge is 0.220 e. The first-order valence-corrected chi connectivity index (χ1v) is 6.40. The predicted octanol–water partition coefficient (Wildman–Crippen LogP) is 1.83. The molecule has 0 bridgehead atoms. The second kappa shape index (κ2) is 7.41. The van der Waals surface area contributed by atoms with Crippen LogP contribution >= 0.6 is 0 Å². The molecule has 1 aromatic carbocycles. The monoisotopic (exact) mass is 263 g/mol. The highest BCUT2D eigenvalue weighted by Crippen LogP contribution is 2.07. The first-order chi connectivity index (χ1) is 9.06. The van der Waals surface area contributed by atoms with Crippen molar-refractivity contribution in [1.29, 1.82) is 0 Å². The number of hydrogen-bond acceptors (Lipinski definition) is 3. The molecular formula is C14H21N3O2. The quantitative estimate of drug-likeness (QED) is 0.317. The molecule has 5 nitrogen and oxygen atoms in total. The molecule has 0 saturated carbocycles. The van der Waals surface area contributed by atoms with Crippen molar-refractivity contribution in [2.45, 2.75) is 33.2 Å². The zero-order valence-corrected chi connectivity index (χ0v) is 11.4. The molecule has 0 fully saturated rings. The Labute approximate surface area is 113 Å². The second-order valence-corrected chi connectivity index (χ2v) is 4.68. The number of rotatable bonds is 6. The van der Waals surface area contributed by atoms with Crippen molar-refractivity contribution >= 4 is 11.7 Å². The molecule has 0 aliphatic heterocycles. The van der Waals surface area contributed by atoms with Crippen LogP contribution in [0.3, 0.4) is 0 Å². The SMILES string of the molecule is CCC(C)CC(=O)NCc1ccc(/C(N)=N/O)cc1. The van der Waals surface area contributed by atoms with E-state index in [1.54, 1.807) is 12.1 Å². The maximum absolute atomic E-state index is 11.6. The van der Waals surface area contributed by atoms with Gasteiger partial charge in [-0.3, -0.25) is 4.79 Å². The molecule has 5 heteroatoms. The van der Waals surface area contributed by atoms with Gasteiger partial charge in [-0.05, 0) is 11.5 Å². The molecule has 0 aliphatic rings. The van der Waals surface area contributed by atoms with E-state index in [2.05, 4.69) is 24.3 Å². The number of carbonyl (C=O) groups is 1. The van der Waals surface area contributed by atoms with Crippen LogP contribution in [-0.2, 0) is 11.3 Å². The van der Waals surface area contributed by atoms with Crippen molar-refractivity contribution in [3.05, 3.63) is 35.4 Å². The fourth-order valence-corrected chi connectivity index (χ4v) is 1.58. The number of nitrogens with two attached hydrogens (primary N) is 1. The standard InChI is InChI=1S/C14H21N3O2/c1-3-10(2)8-13(18)16-9-11-4-6-12(7-5-11)14(15)17-19/h4-7,10,19H,3,8-9H2,1-2H3,(H2,15,17)(H,16,18). The van der Waals surface area contributed by atoms with E-state index in [-0.39, 0.29) is 11.7 Å². The third-order valence-electron chi connectivity index (χ3n) is 3.08. The van der Waals surface area contributed by atoms with Gasteiger partial charge < -0.3 is 16.3 Å². The van der Waals surface area contributed by atoms with Crippen LogP contribution in [0.25, 0.3) is 0 Å². The van der Waals surface area contributed by atoms with Gasteiger partial charge in [-0.25, -0.2) is 0 Å². The molecule has 0 radical (unpaired) electrons. The highest BCUT2D eigenvalue weighted by atomic mass is 16.4. The van der Waals surface area contributed by atoms with Crippen molar-refractivity contribution in [3.8, 4) is 0 Å². The van der Waals surface area contributed by atoms with Gasteiger partial charge in [-0.15, -0.1) is 0 Å². The van der Waals surface area contributed by atoms with Crippen molar-refractivity contribution in [1.82, 2.24) is 5.32 Å². The molecule has 104 valence electrons. The highest BCUT2D eigenvalue weighted by molar-refractivity contribution is 5.96. The highest BCUT2D eigenvalue weighted by Gasteiger charge is 2.07. The summed E-state index contributed by atoms with van der Waals surface area (Å²) in [5.74, 6) is 0.546. The van der Waals surface area contributed by atoms with Gasteiger partial charge in [0, 0.05) is 18.5 Å². The van der Waals surface area contributed by atoms with Gasteiger partial charge in [-0.1, -0.05) is 49.7 Å². The van der Waals surface area contributed by atoms with Crippen LogP contribution in [0.5, 0.6) is 0 Å². The van der Waals surface area contributed by atoms with E-state index in [1.165, 1.54) is 0 Å². The Morgan fingerprint density at radius 3 is 2.58 bits per heavy atom. The summed E-state index contributed by atoms with van der Waals surface area (Å²) in [6.45, 7) is 4.63. The number of oxime groups is 1. The van der Waals surface area contributed by atoms with Gasteiger partial charge in [0.1, 0.15) is 0 Å². The molecule has 4 N–H and O–H groups in total. The number of nitrogens with one attached hydrogen (secondary N) is 1. The Bertz CT molecular complexity index is 441. The minimum atomic E-state index is 0.0647. The van der Waals surface area contributed by atoms with Crippen LogP contribution in [-0.4, -0.2) is 17.0 Å². The minimum absolute atomic E-state index is 0.0647. The molecule has 0 aliphatic carbocycles. The molecule has 0 spiro atoms. The summed E-state index contributed by atoms with van der Waals surface area (Å²) < 4.78 is 0. The van der Waals surface area contributed by atoms with Crippen molar-refractivity contribution < 1.29 is 10.0 Å². The number of amidine groups is 1. The molecule has 0 heterocycles. The summed E-state index contributed by atoms with van der Waals surface area (Å²) in [4.78, 5) is 11.6. The third kappa shape index (κ3) is 4.99. The molecule has 0 aromatic heterocycles. The average molecular weight is 263 g/mol. The second-order valence-electron chi connectivity index (χ2n) is 4.68. The Morgan fingerprint density at radius 2 is 2.05 bits per heavy atom. The van der Waals surface area contributed by atoms with Gasteiger partial charge >= 0.3 is 0 Å². The maximum Gasteiger partial charge on any atom is 0.220 e. The molecule has 1 aromatic rings.